The molecule has 1 atom stereocenters. The fraction of sp³-hybridized carbons (Fsp3) is 0.389. The monoisotopic (exact) mass is 566 g/mol. The van der Waals surface area contributed by atoms with Gasteiger partial charge in [0.1, 0.15) is 17.9 Å². The number of aromatic nitrogens is 2. The number of alkyl halides is 6. The van der Waals surface area contributed by atoms with E-state index in [1.165, 1.54) is 7.11 Å². The Hall–Kier alpha value is -1.42. The van der Waals surface area contributed by atoms with Gasteiger partial charge < -0.3 is 10.1 Å². The summed E-state index contributed by atoms with van der Waals surface area (Å²) < 4.78 is 56.4. The Kier molecular flexibility index (Phi) is 8.82. The zero-order valence-corrected chi connectivity index (χ0v) is 20.7. The summed E-state index contributed by atoms with van der Waals surface area (Å²) in [5.41, 5.74) is -1.90. The fourth-order valence-electron chi connectivity index (χ4n) is 2.76. The summed E-state index contributed by atoms with van der Waals surface area (Å²) in [5, 5.41) is 14.8. The summed E-state index contributed by atoms with van der Waals surface area (Å²) in [6, 6.07) is 2.85. The van der Waals surface area contributed by atoms with Crippen molar-refractivity contribution in [2.24, 2.45) is 5.92 Å². The SMILES string of the molecule is COC(C(=O)Nc1c(SC(F)(Cl)Cl)c(C#N)nn1-c1c(Cl)cc(C(F)(F)F)cc1Cl)C(C)C. The normalized spacial score (nSPS) is 13.2. The van der Waals surface area contributed by atoms with Gasteiger partial charge in [-0.15, -0.1) is 0 Å². The maximum absolute atomic E-state index is 14.0. The zero-order valence-electron chi connectivity index (χ0n) is 16.9. The number of ether oxygens (including phenoxy) is 1. The number of nitriles is 1. The van der Waals surface area contributed by atoms with Crippen LogP contribution in [0.15, 0.2) is 17.0 Å². The van der Waals surface area contributed by atoms with Crippen molar-refractivity contribution in [2.75, 3.05) is 12.4 Å². The molecule has 0 aliphatic carbocycles. The van der Waals surface area contributed by atoms with Crippen molar-refractivity contribution >= 4 is 69.9 Å². The molecule has 180 valence electrons. The van der Waals surface area contributed by atoms with Crippen molar-refractivity contribution in [1.29, 1.82) is 5.26 Å². The first-order valence-corrected chi connectivity index (χ1v) is 11.1. The number of methoxy groups -OCH3 is 1. The van der Waals surface area contributed by atoms with Crippen molar-refractivity contribution in [1.82, 2.24) is 9.78 Å². The average molecular weight is 568 g/mol. The maximum Gasteiger partial charge on any atom is 0.416 e. The van der Waals surface area contributed by atoms with E-state index >= 15 is 0 Å². The highest BCUT2D eigenvalue weighted by atomic mass is 35.5. The van der Waals surface area contributed by atoms with E-state index in [0.717, 1.165) is 4.68 Å². The number of anilines is 1. The molecular formula is C18H14Cl4F4N4O2S. The van der Waals surface area contributed by atoms with Crippen molar-refractivity contribution in [3.05, 3.63) is 33.4 Å². The molecule has 0 radical (unpaired) electrons. The van der Waals surface area contributed by atoms with Gasteiger partial charge in [0.05, 0.1) is 20.5 Å². The Morgan fingerprint density at radius 2 is 1.79 bits per heavy atom. The van der Waals surface area contributed by atoms with E-state index in [1.807, 2.05) is 0 Å². The number of amides is 1. The minimum absolute atomic E-state index is 0.120. The lowest BCUT2D eigenvalue weighted by atomic mass is 10.1. The number of carbonyl (C=O) groups is 1. The summed E-state index contributed by atoms with van der Waals surface area (Å²) in [5.74, 6) is -1.39. The number of rotatable bonds is 7. The number of carbonyl (C=O) groups excluding carboxylic acids is 1. The molecular weight excluding hydrogens is 554 g/mol. The number of nitrogens with zero attached hydrogens (tertiary/aromatic N) is 3. The lowest BCUT2D eigenvalue weighted by molar-refractivity contribution is -0.137. The Bertz CT molecular complexity index is 1070. The summed E-state index contributed by atoms with van der Waals surface area (Å²) >= 11 is 23.1. The van der Waals surface area contributed by atoms with Gasteiger partial charge in [-0.05, 0) is 29.8 Å². The van der Waals surface area contributed by atoms with E-state index in [-0.39, 0.29) is 34.1 Å². The van der Waals surface area contributed by atoms with Gasteiger partial charge >= 0.3 is 10.1 Å². The number of hydrogen-bond acceptors (Lipinski definition) is 5. The number of benzene rings is 1. The van der Waals surface area contributed by atoms with Crippen LogP contribution in [0.25, 0.3) is 5.69 Å². The molecule has 2 aromatic rings. The first-order valence-electron chi connectivity index (χ1n) is 8.79. The number of hydrogen-bond donors (Lipinski definition) is 1. The van der Waals surface area contributed by atoms with Crippen molar-refractivity contribution in [3.8, 4) is 11.8 Å². The van der Waals surface area contributed by atoms with E-state index in [4.69, 9.17) is 51.1 Å². The van der Waals surface area contributed by atoms with Gasteiger partial charge in [-0.2, -0.15) is 27.9 Å². The first kappa shape index (κ1) is 27.8. The Morgan fingerprint density at radius 1 is 1.24 bits per heavy atom. The summed E-state index contributed by atoms with van der Waals surface area (Å²) in [6.45, 7) is 3.38. The highest BCUT2D eigenvalue weighted by Gasteiger charge is 2.36. The van der Waals surface area contributed by atoms with Gasteiger partial charge in [0.2, 0.25) is 0 Å². The third-order valence-electron chi connectivity index (χ3n) is 4.08. The molecule has 0 aliphatic heterocycles. The van der Waals surface area contributed by atoms with E-state index in [0.29, 0.717) is 12.1 Å². The molecule has 0 bridgehead atoms. The molecule has 33 heavy (non-hydrogen) atoms. The predicted molar refractivity (Wildman–Crippen MR) is 119 cm³/mol. The standard InChI is InChI=1S/C18H14Cl4F4N4O2S/c1-7(2)13(32-3)16(31)28-15-14(33-18(21,22)26)11(6-27)29-30(15)12-9(19)4-8(5-10(12)20)17(23,24)25/h4-5,7,13H,1-3H3,(H,28,31). The van der Waals surface area contributed by atoms with Gasteiger partial charge in [0.25, 0.3) is 5.91 Å². The van der Waals surface area contributed by atoms with Crippen molar-refractivity contribution in [2.45, 2.75) is 34.9 Å². The van der Waals surface area contributed by atoms with Crippen LogP contribution < -0.4 is 5.32 Å². The number of nitrogens with one attached hydrogen (secondary N) is 1. The third kappa shape index (κ3) is 6.59. The van der Waals surface area contributed by atoms with E-state index < -0.39 is 43.4 Å². The minimum atomic E-state index is -4.75. The van der Waals surface area contributed by atoms with Crippen LogP contribution in [0.5, 0.6) is 0 Å². The minimum Gasteiger partial charge on any atom is -0.371 e. The van der Waals surface area contributed by atoms with E-state index in [1.54, 1.807) is 19.9 Å². The molecule has 1 heterocycles. The highest BCUT2D eigenvalue weighted by molar-refractivity contribution is 8.03. The lowest BCUT2D eigenvalue weighted by Gasteiger charge is -2.20. The van der Waals surface area contributed by atoms with Gasteiger partial charge in [-0.1, -0.05) is 60.3 Å². The van der Waals surface area contributed by atoms with Crippen LogP contribution in [0.2, 0.25) is 10.0 Å². The molecule has 1 aromatic heterocycles. The second kappa shape index (κ2) is 10.5. The van der Waals surface area contributed by atoms with Crippen molar-refractivity contribution in [3.63, 3.8) is 0 Å². The molecule has 15 heteroatoms. The summed E-state index contributed by atoms with van der Waals surface area (Å²) in [4.78, 5) is 12.5. The van der Waals surface area contributed by atoms with E-state index in [9.17, 15) is 27.6 Å². The molecule has 0 fully saturated rings. The molecule has 0 spiro atoms. The Labute approximate surface area is 210 Å². The Balaban J connectivity index is 2.78. The summed E-state index contributed by atoms with van der Waals surface area (Å²) in [7, 11) is 1.28. The molecule has 1 amide bonds. The molecule has 2 rings (SSSR count). The smallest absolute Gasteiger partial charge is 0.371 e. The molecule has 1 N–H and O–H groups in total. The van der Waals surface area contributed by atoms with Crippen molar-refractivity contribution < 1.29 is 27.1 Å². The van der Waals surface area contributed by atoms with Gasteiger partial charge in [0.15, 0.2) is 11.5 Å². The van der Waals surface area contributed by atoms with Gasteiger partial charge in [0, 0.05) is 7.11 Å². The molecule has 0 saturated carbocycles. The van der Waals surface area contributed by atoms with Crippen LogP contribution in [-0.4, -0.2) is 32.8 Å². The highest BCUT2D eigenvalue weighted by Crippen LogP contribution is 2.47. The van der Waals surface area contributed by atoms with Crippen LogP contribution in [-0.2, 0) is 15.7 Å². The van der Waals surface area contributed by atoms with E-state index in [2.05, 4.69) is 10.4 Å². The van der Waals surface area contributed by atoms with Crippen LogP contribution in [0.1, 0.15) is 25.1 Å². The quantitative estimate of drug-likeness (QED) is 0.225. The number of halogens is 8. The topological polar surface area (TPSA) is 79.9 Å². The molecule has 1 unspecified atom stereocenters. The second-order valence-electron chi connectivity index (χ2n) is 6.77. The second-order valence-corrected chi connectivity index (χ2v) is 10.4. The lowest BCUT2D eigenvalue weighted by Crippen LogP contribution is -2.34. The first-order chi connectivity index (χ1) is 15.1. The largest absolute Gasteiger partial charge is 0.416 e. The van der Waals surface area contributed by atoms with Crippen LogP contribution >= 0.6 is 58.2 Å². The summed E-state index contributed by atoms with van der Waals surface area (Å²) in [6.07, 6.45) is -5.74. The van der Waals surface area contributed by atoms with Crippen LogP contribution in [0.4, 0.5) is 23.4 Å². The fourth-order valence-corrected chi connectivity index (χ4v) is 4.52. The molecule has 0 saturated heterocycles. The predicted octanol–water partition coefficient (Wildman–Crippen LogP) is 6.83. The molecule has 0 aliphatic rings. The average Bonchev–Trinajstić information content (AvgIpc) is 2.96. The van der Waals surface area contributed by atoms with Gasteiger partial charge in [-0.25, -0.2) is 4.68 Å². The third-order valence-corrected chi connectivity index (χ3v) is 5.94. The zero-order chi connectivity index (χ0) is 25.3. The van der Waals surface area contributed by atoms with Crippen LogP contribution in [0, 0.1) is 17.2 Å². The Morgan fingerprint density at radius 3 is 2.18 bits per heavy atom. The molecule has 1 aromatic carbocycles. The maximum atomic E-state index is 14.0. The number of thioether (sulfide) groups is 1. The van der Waals surface area contributed by atoms with Crippen LogP contribution in [0.3, 0.4) is 0 Å². The van der Waals surface area contributed by atoms with Gasteiger partial charge in [-0.3, -0.25) is 4.79 Å². The molecule has 6 nitrogen and oxygen atoms in total.